The molecule has 1 rings (SSSR count). The fraction of sp³-hybridized carbons (Fsp3) is 0.300. The Balaban J connectivity index is 2.81. The summed E-state index contributed by atoms with van der Waals surface area (Å²) in [6.07, 6.45) is 0. The van der Waals surface area contributed by atoms with E-state index in [9.17, 15) is 4.79 Å². The number of halogens is 1. The van der Waals surface area contributed by atoms with Crippen molar-refractivity contribution in [1.82, 2.24) is 0 Å². The van der Waals surface area contributed by atoms with Crippen molar-refractivity contribution >= 4 is 21.9 Å². The smallest absolute Gasteiger partial charge is 0.323 e. The lowest BCUT2D eigenvalue weighted by atomic mass is 10.1. The summed E-state index contributed by atoms with van der Waals surface area (Å²) in [4.78, 5) is 10.7. The van der Waals surface area contributed by atoms with Gasteiger partial charge in [0.25, 0.3) is 0 Å². The monoisotopic (exact) mass is 258 g/mol. The minimum Gasteiger partial charge on any atom is -0.497 e. The number of hydrogen-bond acceptors (Lipinski definition) is 3. The van der Waals surface area contributed by atoms with Gasteiger partial charge in [-0.25, -0.2) is 0 Å². The molecule has 1 aromatic carbocycles. The largest absolute Gasteiger partial charge is 0.497 e. The predicted molar refractivity (Wildman–Crippen MR) is 56.7 cm³/mol. The first-order chi connectivity index (χ1) is 6.69. The van der Waals surface area contributed by atoms with Crippen LogP contribution in [-0.2, 0) is 9.53 Å². The first kappa shape index (κ1) is 11.0. The summed E-state index contributed by atoms with van der Waals surface area (Å²) in [6, 6.07) is 7.23. The van der Waals surface area contributed by atoms with Crippen LogP contribution in [0.4, 0.5) is 0 Å². The van der Waals surface area contributed by atoms with Crippen molar-refractivity contribution < 1.29 is 14.3 Å². The van der Waals surface area contributed by atoms with Gasteiger partial charge < -0.3 is 9.47 Å². The van der Waals surface area contributed by atoms with E-state index < -0.39 is 4.83 Å². The summed E-state index contributed by atoms with van der Waals surface area (Å²) in [5.41, 5.74) is 0.845. The van der Waals surface area contributed by atoms with Crippen LogP contribution >= 0.6 is 15.9 Å². The summed E-state index contributed by atoms with van der Waals surface area (Å²) in [6.45, 7) is 0. The predicted octanol–water partition coefficient (Wildman–Crippen LogP) is 2.30. The number of benzene rings is 1. The molecule has 0 aliphatic rings. The molecule has 0 saturated heterocycles. The topological polar surface area (TPSA) is 35.5 Å². The van der Waals surface area contributed by atoms with E-state index in [-0.39, 0.29) is 5.97 Å². The van der Waals surface area contributed by atoms with Gasteiger partial charge in [-0.05, 0) is 17.7 Å². The van der Waals surface area contributed by atoms with Gasteiger partial charge in [-0.2, -0.15) is 0 Å². The summed E-state index contributed by atoms with van der Waals surface area (Å²) < 4.78 is 9.61. The van der Waals surface area contributed by atoms with Gasteiger partial charge in [0.05, 0.1) is 14.2 Å². The highest BCUT2D eigenvalue weighted by atomic mass is 79.9. The molecule has 76 valence electrons. The minimum atomic E-state index is -0.418. The van der Waals surface area contributed by atoms with Gasteiger partial charge in [0.1, 0.15) is 10.6 Å². The molecule has 0 bridgehead atoms. The Morgan fingerprint density at radius 1 is 1.29 bits per heavy atom. The lowest BCUT2D eigenvalue weighted by molar-refractivity contribution is -0.139. The molecule has 1 atom stereocenters. The number of methoxy groups -OCH3 is 2. The lowest BCUT2D eigenvalue weighted by Crippen LogP contribution is -2.07. The average Bonchev–Trinajstić information content (AvgIpc) is 2.27. The van der Waals surface area contributed by atoms with Crippen molar-refractivity contribution in [2.24, 2.45) is 0 Å². The van der Waals surface area contributed by atoms with Gasteiger partial charge in [0.2, 0.25) is 0 Å². The molecule has 0 unspecified atom stereocenters. The van der Waals surface area contributed by atoms with E-state index in [0.29, 0.717) is 0 Å². The van der Waals surface area contributed by atoms with Crippen molar-refractivity contribution in [1.29, 1.82) is 0 Å². The molecule has 0 radical (unpaired) electrons. The summed E-state index contributed by atoms with van der Waals surface area (Å²) >= 11 is 3.24. The molecule has 0 fully saturated rings. The van der Waals surface area contributed by atoms with E-state index in [1.807, 2.05) is 12.1 Å². The minimum absolute atomic E-state index is 0.310. The highest BCUT2D eigenvalue weighted by Crippen LogP contribution is 2.25. The van der Waals surface area contributed by atoms with E-state index in [4.69, 9.17) is 4.74 Å². The van der Waals surface area contributed by atoms with Crippen LogP contribution in [0.5, 0.6) is 5.75 Å². The molecule has 0 N–H and O–H groups in total. The summed E-state index contributed by atoms with van der Waals surface area (Å²) in [7, 11) is 2.96. The second-order valence-electron chi connectivity index (χ2n) is 2.66. The maximum atomic E-state index is 11.2. The molecule has 0 amide bonds. The molecule has 4 heteroatoms. The number of ether oxygens (including phenoxy) is 2. The number of hydrogen-bond donors (Lipinski definition) is 0. The van der Waals surface area contributed by atoms with Gasteiger partial charge in [0.15, 0.2) is 0 Å². The van der Waals surface area contributed by atoms with E-state index >= 15 is 0 Å². The molecular weight excluding hydrogens is 248 g/mol. The quantitative estimate of drug-likeness (QED) is 0.617. The van der Waals surface area contributed by atoms with E-state index in [1.54, 1.807) is 19.2 Å². The molecular formula is C10H11BrO3. The van der Waals surface area contributed by atoms with Crippen LogP contribution in [0, 0.1) is 0 Å². The fourth-order valence-corrected chi connectivity index (χ4v) is 1.50. The van der Waals surface area contributed by atoms with Crippen molar-refractivity contribution in [3.8, 4) is 5.75 Å². The zero-order valence-electron chi connectivity index (χ0n) is 7.99. The van der Waals surface area contributed by atoms with E-state index in [2.05, 4.69) is 20.7 Å². The molecule has 0 spiro atoms. The standard InChI is InChI=1S/C10H11BrO3/c1-13-8-5-3-7(4-6-8)9(11)10(12)14-2/h3-6,9H,1-2H3/t9-/m0/s1. The zero-order valence-corrected chi connectivity index (χ0v) is 9.58. The Morgan fingerprint density at radius 3 is 2.29 bits per heavy atom. The third-order valence-electron chi connectivity index (χ3n) is 1.82. The van der Waals surface area contributed by atoms with Crippen LogP contribution in [0.1, 0.15) is 10.4 Å². The summed E-state index contributed by atoms with van der Waals surface area (Å²) in [5, 5.41) is 0. The van der Waals surface area contributed by atoms with Crippen LogP contribution in [0.2, 0.25) is 0 Å². The first-order valence-electron chi connectivity index (χ1n) is 4.05. The van der Waals surface area contributed by atoms with Gasteiger partial charge >= 0.3 is 5.97 Å². The molecule has 1 aromatic rings. The van der Waals surface area contributed by atoms with Crippen molar-refractivity contribution in [2.75, 3.05) is 14.2 Å². The fourth-order valence-electron chi connectivity index (χ4n) is 1.01. The molecule has 0 aromatic heterocycles. The van der Waals surface area contributed by atoms with Crippen LogP contribution in [-0.4, -0.2) is 20.2 Å². The van der Waals surface area contributed by atoms with Crippen LogP contribution in [0.15, 0.2) is 24.3 Å². The van der Waals surface area contributed by atoms with Crippen molar-refractivity contribution in [3.05, 3.63) is 29.8 Å². The highest BCUT2D eigenvalue weighted by molar-refractivity contribution is 9.09. The normalized spacial score (nSPS) is 11.9. The first-order valence-corrected chi connectivity index (χ1v) is 4.96. The number of esters is 1. The van der Waals surface area contributed by atoms with Gasteiger partial charge in [-0.1, -0.05) is 28.1 Å². The van der Waals surface area contributed by atoms with Gasteiger partial charge in [-0.15, -0.1) is 0 Å². The average molecular weight is 259 g/mol. The number of carbonyl (C=O) groups is 1. The maximum absolute atomic E-state index is 11.2. The molecule has 3 nitrogen and oxygen atoms in total. The number of alkyl halides is 1. The molecule has 0 aliphatic heterocycles. The maximum Gasteiger partial charge on any atom is 0.323 e. The number of rotatable bonds is 3. The van der Waals surface area contributed by atoms with E-state index in [0.717, 1.165) is 11.3 Å². The van der Waals surface area contributed by atoms with Crippen LogP contribution in [0.3, 0.4) is 0 Å². The Morgan fingerprint density at radius 2 is 1.86 bits per heavy atom. The van der Waals surface area contributed by atoms with E-state index in [1.165, 1.54) is 7.11 Å². The van der Waals surface area contributed by atoms with Gasteiger partial charge in [0, 0.05) is 0 Å². The Bertz CT molecular complexity index is 308. The third kappa shape index (κ3) is 2.48. The van der Waals surface area contributed by atoms with Crippen molar-refractivity contribution in [3.63, 3.8) is 0 Å². The second-order valence-corrected chi connectivity index (χ2v) is 3.57. The molecule has 0 aliphatic carbocycles. The Labute approximate surface area is 91.1 Å². The molecule has 0 heterocycles. The zero-order chi connectivity index (χ0) is 10.6. The van der Waals surface area contributed by atoms with Gasteiger partial charge in [-0.3, -0.25) is 4.79 Å². The third-order valence-corrected chi connectivity index (χ3v) is 2.72. The highest BCUT2D eigenvalue weighted by Gasteiger charge is 2.16. The second kappa shape index (κ2) is 5.00. The SMILES string of the molecule is COC(=O)[C@@H](Br)c1ccc(OC)cc1. The van der Waals surface area contributed by atoms with Crippen molar-refractivity contribution in [2.45, 2.75) is 4.83 Å². The molecule has 14 heavy (non-hydrogen) atoms. The summed E-state index contributed by atoms with van der Waals surface area (Å²) in [5.74, 6) is 0.452. The van der Waals surface area contributed by atoms with Crippen LogP contribution in [0.25, 0.3) is 0 Å². The number of carbonyl (C=O) groups excluding carboxylic acids is 1. The Kier molecular flexibility index (Phi) is 3.95. The van der Waals surface area contributed by atoms with Crippen LogP contribution < -0.4 is 4.74 Å². The molecule has 0 saturated carbocycles. The Hall–Kier alpha value is -1.03. The lowest BCUT2D eigenvalue weighted by Gasteiger charge is -2.08.